The minimum absolute atomic E-state index is 0.0893. The molecule has 24 heavy (non-hydrogen) atoms. The number of alkyl halides is 3. The van der Waals surface area contributed by atoms with E-state index in [0.717, 1.165) is 0 Å². The van der Waals surface area contributed by atoms with Gasteiger partial charge < -0.3 is 10.1 Å². The summed E-state index contributed by atoms with van der Waals surface area (Å²) in [4.78, 5) is 4.31. The molecule has 0 aliphatic carbocycles. The van der Waals surface area contributed by atoms with Crippen LogP contribution in [0.1, 0.15) is 0 Å². The molecule has 3 aromatic rings. The smallest absolute Gasteiger partial charge is 0.420 e. The summed E-state index contributed by atoms with van der Waals surface area (Å²) in [6, 6.07) is 11.4. The minimum atomic E-state index is -3.77. The Morgan fingerprint density at radius 1 is 1.04 bits per heavy atom. The molecule has 1 N–H and O–H groups in total. The normalized spacial score (nSPS) is 11.5. The van der Waals surface area contributed by atoms with Crippen LogP contribution in [0.3, 0.4) is 0 Å². The molecule has 3 rings (SSSR count). The zero-order chi connectivity index (χ0) is 17.3. The van der Waals surface area contributed by atoms with Gasteiger partial charge in [-0.2, -0.15) is 0 Å². The van der Waals surface area contributed by atoms with E-state index in [1.165, 1.54) is 42.5 Å². The highest BCUT2D eigenvalue weighted by atomic mass is 35.5. The van der Waals surface area contributed by atoms with Crippen LogP contribution in [0.2, 0.25) is 5.02 Å². The molecule has 0 atom stereocenters. The third-order valence-corrected chi connectivity index (χ3v) is 3.45. The van der Waals surface area contributed by atoms with Crippen molar-refractivity contribution in [3.63, 3.8) is 0 Å². The Kier molecular flexibility index (Phi) is 4.43. The first-order valence-electron chi connectivity index (χ1n) is 6.69. The number of pyridine rings is 1. The predicted molar refractivity (Wildman–Crippen MR) is 87.9 cm³/mol. The van der Waals surface area contributed by atoms with Gasteiger partial charge >= 0.3 is 5.57 Å². The second-order valence-corrected chi connectivity index (χ2v) is 5.70. The molecular weight excluding hydrogens is 364 g/mol. The number of aromatic nitrogens is 1. The van der Waals surface area contributed by atoms with Crippen LogP contribution in [0.25, 0.3) is 10.9 Å². The number of hydrogen-bond donors (Lipinski definition) is 1. The number of anilines is 2. The molecule has 2 aromatic carbocycles. The third kappa shape index (κ3) is 4.01. The summed E-state index contributed by atoms with van der Waals surface area (Å²) in [6.07, 6.45) is 0. The number of halogens is 5. The Hall–Kier alpha value is -2.18. The summed E-state index contributed by atoms with van der Waals surface area (Å²) in [6.45, 7) is 0. The summed E-state index contributed by atoms with van der Waals surface area (Å²) in [7, 11) is 0. The van der Waals surface area contributed by atoms with Crippen molar-refractivity contribution in [1.82, 2.24) is 4.98 Å². The highest BCUT2D eigenvalue weighted by Crippen LogP contribution is 2.30. The average molecular weight is 373 g/mol. The second-order valence-electron chi connectivity index (χ2n) is 4.85. The first-order chi connectivity index (χ1) is 11.3. The molecule has 0 saturated heterocycles. The van der Waals surface area contributed by atoms with Gasteiger partial charge in [0.1, 0.15) is 17.4 Å². The average Bonchev–Trinajstić information content (AvgIpc) is 2.49. The Balaban J connectivity index is 1.84. The van der Waals surface area contributed by atoms with Crippen molar-refractivity contribution in [2.75, 3.05) is 5.32 Å². The van der Waals surface area contributed by atoms with Crippen LogP contribution in [0.5, 0.6) is 5.75 Å². The lowest BCUT2D eigenvalue weighted by atomic mass is 10.2. The molecule has 0 radical (unpaired) electrons. The van der Waals surface area contributed by atoms with Crippen LogP contribution in [0.4, 0.5) is 24.7 Å². The SMILES string of the molecule is Fc1ccc2nc(Nc3ccc(OC(F)(F)Cl)cc3)c(Cl)cc2c1. The standard InChI is InChI=1S/C16H9Cl2F3N2O/c17-13-8-9-7-10(19)1-6-14(9)23-15(13)22-11-2-4-12(5-3-11)24-16(18,20)21/h1-8H,(H,22,23). The second kappa shape index (κ2) is 6.37. The number of rotatable bonds is 4. The number of ether oxygens (including phenoxy) is 1. The van der Waals surface area contributed by atoms with Gasteiger partial charge in [-0.15, -0.1) is 8.78 Å². The van der Waals surface area contributed by atoms with Gasteiger partial charge in [-0.25, -0.2) is 9.37 Å². The molecule has 0 saturated carbocycles. The van der Waals surface area contributed by atoms with Crippen molar-refractivity contribution >= 4 is 45.6 Å². The number of nitrogens with zero attached hydrogens (tertiary/aromatic N) is 1. The molecule has 3 nitrogen and oxygen atoms in total. The summed E-state index contributed by atoms with van der Waals surface area (Å²) < 4.78 is 42.6. The Morgan fingerprint density at radius 2 is 1.75 bits per heavy atom. The molecular formula is C16H9Cl2F3N2O. The van der Waals surface area contributed by atoms with E-state index in [0.29, 0.717) is 27.4 Å². The highest BCUT2D eigenvalue weighted by molar-refractivity contribution is 6.33. The Labute approximate surface area is 145 Å². The fraction of sp³-hybridized carbons (Fsp3) is 0.0625. The molecule has 0 fully saturated rings. The first kappa shape index (κ1) is 16.7. The summed E-state index contributed by atoms with van der Waals surface area (Å²) in [5.41, 5.74) is -2.66. The molecule has 124 valence electrons. The van der Waals surface area contributed by atoms with Crippen LogP contribution in [-0.4, -0.2) is 10.6 Å². The van der Waals surface area contributed by atoms with Crippen molar-refractivity contribution in [1.29, 1.82) is 0 Å². The van der Waals surface area contributed by atoms with E-state index in [9.17, 15) is 13.2 Å². The summed E-state index contributed by atoms with van der Waals surface area (Å²) in [5, 5.41) is 3.82. The van der Waals surface area contributed by atoms with Gasteiger partial charge in [-0.05, 0) is 48.5 Å². The van der Waals surface area contributed by atoms with Crippen LogP contribution in [0.15, 0.2) is 48.5 Å². The largest absolute Gasteiger partial charge is 0.487 e. The number of hydrogen-bond acceptors (Lipinski definition) is 3. The van der Waals surface area contributed by atoms with E-state index >= 15 is 0 Å². The van der Waals surface area contributed by atoms with E-state index in [1.54, 1.807) is 6.07 Å². The number of benzene rings is 2. The minimum Gasteiger partial charge on any atom is -0.420 e. The maximum Gasteiger partial charge on any atom is 0.487 e. The van der Waals surface area contributed by atoms with Crippen LogP contribution < -0.4 is 10.1 Å². The molecule has 0 bridgehead atoms. The summed E-state index contributed by atoms with van der Waals surface area (Å²) in [5.74, 6) is -0.117. The van der Waals surface area contributed by atoms with Gasteiger partial charge in [0.2, 0.25) is 0 Å². The zero-order valence-corrected chi connectivity index (χ0v) is 13.4. The fourth-order valence-corrected chi connectivity index (χ4v) is 2.38. The van der Waals surface area contributed by atoms with Gasteiger partial charge in [0.15, 0.2) is 0 Å². The molecule has 1 heterocycles. The molecule has 8 heteroatoms. The van der Waals surface area contributed by atoms with Crippen LogP contribution in [-0.2, 0) is 0 Å². The Morgan fingerprint density at radius 3 is 2.42 bits per heavy atom. The molecule has 0 aliphatic heterocycles. The van der Waals surface area contributed by atoms with E-state index in [2.05, 4.69) is 15.0 Å². The molecule has 0 spiro atoms. The van der Waals surface area contributed by atoms with E-state index in [-0.39, 0.29) is 11.6 Å². The molecule has 0 aliphatic rings. The lowest BCUT2D eigenvalue weighted by Gasteiger charge is -2.12. The van der Waals surface area contributed by atoms with Crippen molar-refractivity contribution in [2.24, 2.45) is 0 Å². The van der Waals surface area contributed by atoms with Crippen molar-refractivity contribution in [3.05, 3.63) is 59.4 Å². The van der Waals surface area contributed by atoms with Gasteiger partial charge in [-0.1, -0.05) is 11.6 Å². The predicted octanol–water partition coefficient (Wildman–Crippen LogP) is 5.94. The van der Waals surface area contributed by atoms with Crippen LogP contribution >= 0.6 is 23.2 Å². The molecule has 1 aromatic heterocycles. The van der Waals surface area contributed by atoms with Gasteiger partial charge in [0.05, 0.1) is 10.5 Å². The lowest BCUT2D eigenvalue weighted by molar-refractivity contribution is -0.0964. The number of nitrogens with one attached hydrogen (secondary N) is 1. The highest BCUT2D eigenvalue weighted by Gasteiger charge is 2.27. The maximum absolute atomic E-state index is 13.2. The van der Waals surface area contributed by atoms with Gasteiger partial charge in [0, 0.05) is 22.7 Å². The number of fused-ring (bicyclic) bond motifs is 1. The van der Waals surface area contributed by atoms with E-state index in [1.807, 2.05) is 0 Å². The van der Waals surface area contributed by atoms with Gasteiger partial charge in [0.25, 0.3) is 0 Å². The monoisotopic (exact) mass is 372 g/mol. The zero-order valence-electron chi connectivity index (χ0n) is 11.9. The van der Waals surface area contributed by atoms with Crippen molar-refractivity contribution in [3.8, 4) is 5.75 Å². The lowest BCUT2D eigenvalue weighted by Crippen LogP contribution is -2.15. The van der Waals surface area contributed by atoms with Crippen LogP contribution in [0, 0.1) is 5.82 Å². The van der Waals surface area contributed by atoms with E-state index in [4.69, 9.17) is 23.2 Å². The third-order valence-electron chi connectivity index (χ3n) is 3.08. The first-order valence-corrected chi connectivity index (χ1v) is 7.44. The van der Waals surface area contributed by atoms with E-state index < -0.39 is 5.57 Å². The summed E-state index contributed by atoms with van der Waals surface area (Å²) >= 11 is 10.8. The quantitative estimate of drug-likeness (QED) is 0.575. The fourth-order valence-electron chi connectivity index (χ4n) is 2.09. The Bertz CT molecular complexity index is 883. The van der Waals surface area contributed by atoms with Crippen molar-refractivity contribution in [2.45, 2.75) is 5.57 Å². The topological polar surface area (TPSA) is 34.2 Å². The van der Waals surface area contributed by atoms with Gasteiger partial charge in [-0.3, -0.25) is 0 Å². The molecule has 0 unspecified atom stereocenters. The maximum atomic E-state index is 13.2. The molecule has 0 amide bonds. The van der Waals surface area contributed by atoms with Crippen molar-refractivity contribution < 1.29 is 17.9 Å².